The molecule has 5 heteroatoms. The number of nitrogens with one attached hydrogen (secondary N) is 1. The van der Waals surface area contributed by atoms with Crippen molar-refractivity contribution in [1.82, 2.24) is 10.2 Å². The molecule has 2 heterocycles. The van der Waals surface area contributed by atoms with Crippen LogP contribution < -0.4 is 11.1 Å². The van der Waals surface area contributed by atoms with E-state index < -0.39 is 0 Å². The van der Waals surface area contributed by atoms with Crippen LogP contribution in [0.3, 0.4) is 0 Å². The number of amides is 2. The van der Waals surface area contributed by atoms with Crippen LogP contribution in [-0.4, -0.2) is 42.4 Å². The lowest BCUT2D eigenvalue weighted by Gasteiger charge is -2.38. The molecule has 2 unspecified atom stereocenters. The maximum atomic E-state index is 12.5. The third-order valence-electron chi connectivity index (χ3n) is 4.02. The number of carbonyl (C=O) groups is 2. The molecule has 0 aliphatic carbocycles. The standard InChI is InChI=1S/C13H23N3O2/c14-7-6-11-3-1-2-8-16(11)13(18)10-4-5-12(17)15-9-10/h10-11H,1-9,14H2,(H,15,17). The molecular weight excluding hydrogens is 230 g/mol. The van der Waals surface area contributed by atoms with Gasteiger partial charge in [0.2, 0.25) is 11.8 Å². The molecule has 2 saturated heterocycles. The summed E-state index contributed by atoms with van der Waals surface area (Å²) < 4.78 is 0. The molecule has 2 rings (SSSR count). The summed E-state index contributed by atoms with van der Waals surface area (Å²) in [5.41, 5.74) is 5.62. The summed E-state index contributed by atoms with van der Waals surface area (Å²) in [6.45, 7) is 1.99. The lowest BCUT2D eigenvalue weighted by molar-refractivity contribution is -0.141. The van der Waals surface area contributed by atoms with Gasteiger partial charge in [-0.25, -0.2) is 0 Å². The minimum Gasteiger partial charge on any atom is -0.355 e. The monoisotopic (exact) mass is 253 g/mol. The van der Waals surface area contributed by atoms with Crippen molar-refractivity contribution in [2.45, 2.75) is 44.6 Å². The van der Waals surface area contributed by atoms with Gasteiger partial charge in [-0.15, -0.1) is 0 Å². The second-order valence-corrected chi connectivity index (χ2v) is 5.30. The first-order chi connectivity index (χ1) is 8.72. The van der Waals surface area contributed by atoms with Gasteiger partial charge < -0.3 is 16.0 Å². The van der Waals surface area contributed by atoms with Crippen LogP contribution in [0.1, 0.15) is 38.5 Å². The Morgan fingerprint density at radius 3 is 2.89 bits per heavy atom. The number of likely N-dealkylation sites (tertiary alicyclic amines) is 1. The molecule has 0 radical (unpaired) electrons. The molecule has 2 atom stereocenters. The van der Waals surface area contributed by atoms with Crippen molar-refractivity contribution in [2.75, 3.05) is 19.6 Å². The average molecular weight is 253 g/mol. The Morgan fingerprint density at radius 2 is 2.22 bits per heavy atom. The third-order valence-corrected chi connectivity index (χ3v) is 4.02. The minimum absolute atomic E-state index is 0.0268. The van der Waals surface area contributed by atoms with Crippen molar-refractivity contribution >= 4 is 11.8 Å². The van der Waals surface area contributed by atoms with E-state index in [4.69, 9.17) is 5.73 Å². The number of hydrogen-bond acceptors (Lipinski definition) is 3. The molecule has 0 bridgehead atoms. The summed E-state index contributed by atoms with van der Waals surface area (Å²) in [6, 6.07) is 0.314. The largest absolute Gasteiger partial charge is 0.355 e. The van der Waals surface area contributed by atoms with Crippen LogP contribution in [0.4, 0.5) is 0 Å². The first kappa shape index (κ1) is 13.3. The van der Waals surface area contributed by atoms with E-state index >= 15 is 0 Å². The predicted molar refractivity (Wildman–Crippen MR) is 68.8 cm³/mol. The van der Waals surface area contributed by atoms with E-state index in [-0.39, 0.29) is 17.7 Å². The molecule has 0 aromatic heterocycles. The quantitative estimate of drug-likeness (QED) is 0.756. The van der Waals surface area contributed by atoms with E-state index in [1.54, 1.807) is 0 Å². The molecule has 0 aromatic carbocycles. The summed E-state index contributed by atoms with van der Waals surface area (Å²) in [5, 5.41) is 2.79. The van der Waals surface area contributed by atoms with Crippen molar-refractivity contribution in [1.29, 1.82) is 0 Å². The van der Waals surface area contributed by atoms with E-state index in [1.807, 2.05) is 4.90 Å². The summed E-state index contributed by atoms with van der Waals surface area (Å²) in [6.07, 6.45) is 5.41. The van der Waals surface area contributed by atoms with Gasteiger partial charge in [0.15, 0.2) is 0 Å². The van der Waals surface area contributed by atoms with Crippen LogP contribution in [0.5, 0.6) is 0 Å². The molecule has 3 N–H and O–H groups in total. The van der Waals surface area contributed by atoms with Crippen LogP contribution >= 0.6 is 0 Å². The smallest absolute Gasteiger partial charge is 0.227 e. The van der Waals surface area contributed by atoms with E-state index in [2.05, 4.69) is 5.32 Å². The van der Waals surface area contributed by atoms with Gasteiger partial charge in [0.25, 0.3) is 0 Å². The van der Waals surface area contributed by atoms with Crippen molar-refractivity contribution in [2.24, 2.45) is 11.7 Å². The molecule has 2 amide bonds. The van der Waals surface area contributed by atoms with Crippen molar-refractivity contribution in [3.8, 4) is 0 Å². The number of nitrogens with zero attached hydrogens (tertiary/aromatic N) is 1. The van der Waals surface area contributed by atoms with Gasteiger partial charge in [-0.05, 0) is 38.6 Å². The maximum Gasteiger partial charge on any atom is 0.227 e. The van der Waals surface area contributed by atoms with Gasteiger partial charge in [-0.2, -0.15) is 0 Å². The molecule has 5 nitrogen and oxygen atoms in total. The minimum atomic E-state index is -0.0268. The van der Waals surface area contributed by atoms with Crippen LogP contribution in [-0.2, 0) is 9.59 Å². The molecule has 2 aliphatic heterocycles. The zero-order chi connectivity index (χ0) is 13.0. The molecule has 102 valence electrons. The Morgan fingerprint density at radius 1 is 1.39 bits per heavy atom. The van der Waals surface area contributed by atoms with E-state index in [1.165, 1.54) is 6.42 Å². The summed E-state index contributed by atoms with van der Waals surface area (Å²) >= 11 is 0. The zero-order valence-corrected chi connectivity index (χ0v) is 10.9. The normalized spacial score (nSPS) is 28.9. The van der Waals surface area contributed by atoms with Gasteiger partial charge >= 0.3 is 0 Å². The Balaban J connectivity index is 1.95. The first-order valence-corrected chi connectivity index (χ1v) is 6.99. The van der Waals surface area contributed by atoms with Gasteiger partial charge in [-0.1, -0.05) is 0 Å². The number of carbonyl (C=O) groups excluding carboxylic acids is 2. The molecule has 2 fully saturated rings. The summed E-state index contributed by atoms with van der Waals surface area (Å²) in [5.74, 6) is 0.255. The van der Waals surface area contributed by atoms with E-state index in [9.17, 15) is 9.59 Å². The highest BCUT2D eigenvalue weighted by Gasteiger charge is 2.32. The zero-order valence-electron chi connectivity index (χ0n) is 10.9. The maximum absolute atomic E-state index is 12.5. The van der Waals surface area contributed by atoms with Crippen LogP contribution in [0, 0.1) is 5.92 Å². The van der Waals surface area contributed by atoms with Crippen molar-refractivity contribution < 1.29 is 9.59 Å². The Hall–Kier alpha value is -1.10. The lowest BCUT2D eigenvalue weighted by Crippen LogP contribution is -2.50. The van der Waals surface area contributed by atoms with Gasteiger partial charge in [0.05, 0.1) is 5.92 Å². The van der Waals surface area contributed by atoms with E-state index in [0.717, 1.165) is 25.8 Å². The number of nitrogens with two attached hydrogens (primary N) is 1. The summed E-state index contributed by atoms with van der Waals surface area (Å²) in [7, 11) is 0. The second kappa shape index (κ2) is 6.18. The number of hydrogen-bond donors (Lipinski definition) is 2. The highest BCUT2D eigenvalue weighted by molar-refractivity contribution is 5.84. The lowest BCUT2D eigenvalue weighted by atomic mass is 9.93. The molecule has 0 saturated carbocycles. The van der Waals surface area contributed by atoms with E-state index in [0.29, 0.717) is 32.0 Å². The Labute approximate surface area is 108 Å². The fraction of sp³-hybridized carbons (Fsp3) is 0.846. The fourth-order valence-corrected chi connectivity index (χ4v) is 2.96. The third kappa shape index (κ3) is 3.02. The van der Waals surface area contributed by atoms with Crippen LogP contribution in [0.2, 0.25) is 0 Å². The molecule has 0 spiro atoms. The Kier molecular flexibility index (Phi) is 4.58. The average Bonchev–Trinajstić information content (AvgIpc) is 2.40. The topological polar surface area (TPSA) is 75.4 Å². The van der Waals surface area contributed by atoms with Crippen LogP contribution in [0.15, 0.2) is 0 Å². The highest BCUT2D eigenvalue weighted by atomic mass is 16.2. The van der Waals surface area contributed by atoms with Crippen molar-refractivity contribution in [3.63, 3.8) is 0 Å². The van der Waals surface area contributed by atoms with Gasteiger partial charge in [-0.3, -0.25) is 9.59 Å². The Bertz CT molecular complexity index is 307. The predicted octanol–water partition coefficient (Wildman–Crippen LogP) is 0.243. The SMILES string of the molecule is NCCC1CCCCN1C(=O)C1CCC(=O)NC1. The first-order valence-electron chi connectivity index (χ1n) is 6.99. The molecular formula is C13H23N3O2. The molecule has 2 aliphatic rings. The second-order valence-electron chi connectivity index (χ2n) is 5.30. The summed E-state index contributed by atoms with van der Waals surface area (Å²) in [4.78, 5) is 25.6. The number of rotatable bonds is 3. The van der Waals surface area contributed by atoms with Gasteiger partial charge in [0, 0.05) is 25.6 Å². The number of piperidine rings is 2. The fourth-order valence-electron chi connectivity index (χ4n) is 2.96. The van der Waals surface area contributed by atoms with Crippen molar-refractivity contribution in [3.05, 3.63) is 0 Å². The molecule has 0 aromatic rings. The van der Waals surface area contributed by atoms with Gasteiger partial charge in [0.1, 0.15) is 0 Å². The molecule has 18 heavy (non-hydrogen) atoms. The highest BCUT2D eigenvalue weighted by Crippen LogP contribution is 2.23. The van der Waals surface area contributed by atoms with Crippen LogP contribution in [0.25, 0.3) is 0 Å².